The Balaban J connectivity index is 2.65. The number of benzene rings is 1. The molecule has 0 aliphatic carbocycles. The van der Waals surface area contributed by atoms with E-state index in [2.05, 4.69) is 15.2 Å². The Hall–Kier alpha value is -1.68. The van der Waals surface area contributed by atoms with Crippen molar-refractivity contribution in [1.82, 2.24) is 4.98 Å². The number of hydrogen-bond acceptors (Lipinski definition) is 2. The summed E-state index contributed by atoms with van der Waals surface area (Å²) in [5.41, 5.74) is 6.95. The van der Waals surface area contributed by atoms with Crippen LogP contribution in [0.4, 0.5) is 0 Å². The molecule has 4 heteroatoms. The summed E-state index contributed by atoms with van der Waals surface area (Å²) in [5.74, 6) is -0.336. The molecule has 0 aliphatic rings. The number of hydrogen-bond donors (Lipinski definition) is 1. The number of para-hydroxylation sites is 1. The van der Waals surface area contributed by atoms with E-state index in [1.54, 1.807) is 0 Å². The van der Waals surface area contributed by atoms with Crippen molar-refractivity contribution in [3.63, 3.8) is 0 Å². The average Bonchev–Trinajstić information content (AvgIpc) is 2.16. The maximum atomic E-state index is 10.9. The molecule has 0 unspecified atom stereocenters. The number of aromatic nitrogens is 1. The molecule has 1 aromatic heterocycles. The van der Waals surface area contributed by atoms with Crippen LogP contribution in [0.2, 0.25) is 0 Å². The Kier molecular flexibility index (Phi) is 2.51. The van der Waals surface area contributed by atoms with E-state index in [4.69, 9.17) is 5.73 Å². The van der Waals surface area contributed by atoms with Gasteiger partial charge in [-0.15, -0.1) is 0 Å². The van der Waals surface area contributed by atoms with Gasteiger partial charge in [-0.25, -0.2) is 0 Å². The summed E-state index contributed by atoms with van der Waals surface area (Å²) >= 11 is 0. The van der Waals surface area contributed by atoms with E-state index < -0.39 is 0 Å². The van der Waals surface area contributed by atoms with Gasteiger partial charge in [0.2, 0.25) is 5.91 Å². The fourth-order valence-electron chi connectivity index (χ4n) is 1.58. The summed E-state index contributed by atoms with van der Waals surface area (Å²) in [4.78, 5) is 15.2. The van der Waals surface area contributed by atoms with Crippen molar-refractivity contribution in [2.24, 2.45) is 5.73 Å². The summed E-state index contributed by atoms with van der Waals surface area (Å²) in [6, 6.07) is 9.50. The van der Waals surface area contributed by atoms with E-state index in [9.17, 15) is 4.79 Å². The highest BCUT2D eigenvalue weighted by atomic mass is 28.1. The van der Waals surface area contributed by atoms with E-state index in [-0.39, 0.29) is 12.3 Å². The lowest BCUT2D eigenvalue weighted by atomic mass is 10.1. The first-order chi connectivity index (χ1) is 7.16. The molecule has 1 heterocycles. The Morgan fingerprint density at radius 2 is 2.13 bits per heavy atom. The number of fused-ring (bicyclic) bond motifs is 1. The second-order valence-electron chi connectivity index (χ2n) is 3.33. The minimum Gasteiger partial charge on any atom is -0.369 e. The Morgan fingerprint density at radius 3 is 2.87 bits per heavy atom. The second kappa shape index (κ2) is 3.82. The highest BCUT2D eigenvalue weighted by molar-refractivity contribution is 6.31. The minimum absolute atomic E-state index is 0.237. The molecule has 2 N–H and O–H groups in total. The Bertz CT molecular complexity index is 525. The number of amides is 1. The molecule has 0 saturated heterocycles. The van der Waals surface area contributed by atoms with Crippen molar-refractivity contribution in [2.75, 3.05) is 0 Å². The predicted molar refractivity (Wildman–Crippen MR) is 60.0 cm³/mol. The second-order valence-corrected chi connectivity index (χ2v) is 3.84. The number of rotatable bonds is 2. The van der Waals surface area contributed by atoms with Crippen LogP contribution in [0.3, 0.4) is 0 Å². The van der Waals surface area contributed by atoms with Crippen LogP contribution in [0.5, 0.6) is 0 Å². The van der Waals surface area contributed by atoms with Gasteiger partial charge in [-0.05, 0) is 17.7 Å². The zero-order valence-corrected chi connectivity index (χ0v) is 9.03. The fourth-order valence-corrected chi connectivity index (χ4v) is 1.88. The summed E-state index contributed by atoms with van der Waals surface area (Å²) in [5, 5.41) is 1.68. The van der Waals surface area contributed by atoms with Crippen molar-refractivity contribution in [1.29, 1.82) is 0 Å². The Morgan fingerprint density at radius 1 is 1.40 bits per heavy atom. The number of carbonyl (C=O) groups excluding carboxylic acids is 1. The topological polar surface area (TPSA) is 56.0 Å². The number of carbonyl (C=O) groups is 1. The lowest BCUT2D eigenvalue weighted by molar-refractivity contribution is -0.117. The molecule has 73 valence electrons. The van der Waals surface area contributed by atoms with Crippen molar-refractivity contribution in [3.05, 3.63) is 35.9 Å². The van der Waals surface area contributed by atoms with Crippen LogP contribution in [0.25, 0.3) is 10.9 Å². The lowest BCUT2D eigenvalue weighted by Gasteiger charge is -2.05. The third-order valence-corrected chi connectivity index (χ3v) is 2.42. The first-order valence-electron chi connectivity index (χ1n) is 4.55. The van der Waals surface area contributed by atoms with Crippen LogP contribution in [0, 0.1) is 0 Å². The van der Waals surface area contributed by atoms with Gasteiger partial charge in [-0.2, -0.15) is 0 Å². The van der Waals surface area contributed by atoms with Crippen LogP contribution in [-0.2, 0) is 11.2 Å². The largest absolute Gasteiger partial charge is 0.369 e. The van der Waals surface area contributed by atoms with Crippen LogP contribution in [0.1, 0.15) is 5.56 Å². The predicted octanol–water partition coefficient (Wildman–Crippen LogP) is 0.0564. The van der Waals surface area contributed by atoms with E-state index in [1.165, 1.54) is 0 Å². The van der Waals surface area contributed by atoms with Crippen LogP contribution < -0.4 is 11.1 Å². The van der Waals surface area contributed by atoms with Gasteiger partial charge in [0, 0.05) is 10.7 Å². The number of primary amides is 1. The zero-order chi connectivity index (χ0) is 10.8. The summed E-state index contributed by atoms with van der Waals surface area (Å²) < 4.78 is 0. The minimum atomic E-state index is -0.336. The van der Waals surface area contributed by atoms with Crippen LogP contribution in [0.15, 0.2) is 30.3 Å². The summed E-state index contributed by atoms with van der Waals surface area (Å²) in [6.45, 7) is 0. The standard InChI is InChI=1S/C11H9N2OSi/c12-10(14)5-7-6-11(15)13-9-4-2-1-3-8(7)9/h1-4,6H,5H2,(H2,12,14). The van der Waals surface area contributed by atoms with Crippen molar-refractivity contribution in [2.45, 2.75) is 6.42 Å². The van der Waals surface area contributed by atoms with E-state index >= 15 is 0 Å². The fraction of sp³-hybridized carbons (Fsp3) is 0.0909. The quantitative estimate of drug-likeness (QED) is 0.717. The maximum Gasteiger partial charge on any atom is 0.221 e. The van der Waals surface area contributed by atoms with Crippen LogP contribution >= 0.6 is 0 Å². The molecule has 0 saturated carbocycles. The SMILES string of the molecule is NC(=O)Cc1cc([Si])nc2ccccc12. The molecule has 0 spiro atoms. The van der Waals surface area contributed by atoms with Crippen molar-refractivity contribution >= 4 is 32.4 Å². The smallest absolute Gasteiger partial charge is 0.221 e. The van der Waals surface area contributed by atoms with Gasteiger partial charge >= 0.3 is 0 Å². The Labute approximate surface area is 90.7 Å². The first-order valence-corrected chi connectivity index (χ1v) is 5.05. The third kappa shape index (κ3) is 2.05. The molecule has 0 bridgehead atoms. The van der Waals surface area contributed by atoms with Gasteiger partial charge in [0.25, 0.3) is 0 Å². The number of nitrogens with zero attached hydrogens (tertiary/aromatic N) is 1. The third-order valence-electron chi connectivity index (χ3n) is 2.17. The maximum absolute atomic E-state index is 10.9. The molecule has 2 aromatic rings. The molecule has 3 radical (unpaired) electrons. The zero-order valence-electron chi connectivity index (χ0n) is 8.03. The molecule has 15 heavy (non-hydrogen) atoms. The average molecular weight is 213 g/mol. The summed E-state index contributed by atoms with van der Waals surface area (Å²) in [6.07, 6.45) is 0.237. The van der Waals surface area contributed by atoms with E-state index in [1.807, 2.05) is 30.3 Å². The van der Waals surface area contributed by atoms with Gasteiger partial charge in [0.1, 0.15) is 0 Å². The van der Waals surface area contributed by atoms with E-state index in [0.717, 1.165) is 16.5 Å². The molecular weight excluding hydrogens is 204 g/mol. The number of nitrogens with two attached hydrogens (primary N) is 1. The molecular formula is C11H9N2OSi. The lowest BCUT2D eigenvalue weighted by Crippen LogP contribution is -2.17. The van der Waals surface area contributed by atoms with E-state index in [0.29, 0.717) is 5.32 Å². The molecule has 0 aliphatic heterocycles. The van der Waals surface area contributed by atoms with Crippen molar-refractivity contribution < 1.29 is 4.79 Å². The molecule has 3 nitrogen and oxygen atoms in total. The molecule has 1 aromatic carbocycles. The van der Waals surface area contributed by atoms with Gasteiger partial charge in [-0.3, -0.25) is 9.78 Å². The highest BCUT2D eigenvalue weighted by Crippen LogP contribution is 2.15. The van der Waals surface area contributed by atoms with Gasteiger partial charge in [0.15, 0.2) is 0 Å². The molecule has 0 fully saturated rings. The van der Waals surface area contributed by atoms with Crippen LogP contribution in [-0.4, -0.2) is 21.1 Å². The van der Waals surface area contributed by atoms with Gasteiger partial charge < -0.3 is 5.73 Å². The first kappa shape index (κ1) is 9.86. The molecule has 2 rings (SSSR count). The molecule has 1 amide bonds. The summed E-state index contributed by atoms with van der Waals surface area (Å²) in [7, 11) is 3.36. The van der Waals surface area contributed by atoms with Gasteiger partial charge in [-0.1, -0.05) is 18.2 Å². The highest BCUT2D eigenvalue weighted by Gasteiger charge is 2.05. The van der Waals surface area contributed by atoms with Gasteiger partial charge in [0.05, 0.1) is 22.2 Å². The van der Waals surface area contributed by atoms with Crippen molar-refractivity contribution in [3.8, 4) is 0 Å². The molecule has 0 atom stereocenters. The monoisotopic (exact) mass is 213 g/mol. The normalized spacial score (nSPS) is 10.5. The number of pyridine rings is 1.